The minimum Gasteiger partial charge on any atom is -0.467 e. The molecule has 9 heteroatoms. The summed E-state index contributed by atoms with van der Waals surface area (Å²) in [4.78, 5) is 41.0. The van der Waals surface area contributed by atoms with Crippen LogP contribution in [0.3, 0.4) is 0 Å². The number of allylic oxidation sites excluding steroid dienone is 1. The Balaban J connectivity index is 2.22. The first kappa shape index (κ1) is 23.7. The van der Waals surface area contributed by atoms with Gasteiger partial charge in [-0.3, -0.25) is 4.79 Å². The van der Waals surface area contributed by atoms with E-state index in [1.54, 1.807) is 27.7 Å². The number of likely N-dealkylation sites (tertiary alicyclic amines) is 1. The Kier molecular flexibility index (Phi) is 6.25. The van der Waals surface area contributed by atoms with E-state index in [9.17, 15) is 19.5 Å². The van der Waals surface area contributed by atoms with Crippen molar-refractivity contribution in [2.45, 2.75) is 82.5 Å². The topological polar surface area (TPSA) is 112 Å². The molecule has 174 valence electrons. The molecule has 3 rings (SSSR count). The standard InChI is InChI=1S/C22H33NO8/c1-20(2,3)31-19(27)23-17(25)14-12-15(28-5)30-21(14,4)22(23,18(26)29-6)16(24)13-10-8-7-9-11-13/h8,10,13-16,24H,7,9,11-12H2,1-6H3/t13-,14+,15-,16+,21+,22+/m1/s1. The smallest absolute Gasteiger partial charge is 0.418 e. The molecular weight excluding hydrogens is 406 g/mol. The second-order valence-electron chi connectivity index (χ2n) is 9.56. The van der Waals surface area contributed by atoms with Crippen LogP contribution in [0.2, 0.25) is 0 Å². The van der Waals surface area contributed by atoms with E-state index >= 15 is 0 Å². The number of hydrogen-bond acceptors (Lipinski definition) is 8. The van der Waals surface area contributed by atoms with Crippen LogP contribution in [0.15, 0.2) is 12.2 Å². The number of carbonyl (C=O) groups is 3. The molecular formula is C22H33NO8. The molecule has 3 aliphatic rings. The van der Waals surface area contributed by atoms with Gasteiger partial charge in [-0.05, 0) is 47.0 Å². The summed E-state index contributed by atoms with van der Waals surface area (Å²) in [5.41, 5.74) is -4.63. The highest BCUT2D eigenvalue weighted by Crippen LogP contribution is 2.56. The number of amides is 2. The normalized spacial score (nSPS) is 36.3. The molecule has 0 saturated carbocycles. The molecule has 0 aromatic carbocycles. The van der Waals surface area contributed by atoms with Gasteiger partial charge in [0.1, 0.15) is 11.2 Å². The number of esters is 1. The van der Waals surface area contributed by atoms with Gasteiger partial charge in [0.05, 0.1) is 19.1 Å². The summed E-state index contributed by atoms with van der Waals surface area (Å²) in [6.07, 6.45) is 2.87. The second kappa shape index (κ2) is 8.18. The Morgan fingerprint density at radius 1 is 1.32 bits per heavy atom. The monoisotopic (exact) mass is 439 g/mol. The van der Waals surface area contributed by atoms with Gasteiger partial charge in [0.25, 0.3) is 0 Å². The lowest BCUT2D eigenvalue weighted by molar-refractivity contribution is -0.218. The van der Waals surface area contributed by atoms with E-state index in [-0.39, 0.29) is 6.42 Å². The SMILES string of the molecule is COC(=O)[C@]1([C@@H](O)[C@@H]2C=CCCC2)N(C(=O)OC(C)(C)C)C(=O)[C@@H]2C[C@H](OC)O[C@@]21C. The number of imide groups is 1. The predicted molar refractivity (Wildman–Crippen MR) is 109 cm³/mol. The molecule has 0 radical (unpaired) electrons. The molecule has 0 aromatic rings. The van der Waals surface area contributed by atoms with Crippen molar-refractivity contribution in [1.29, 1.82) is 0 Å². The van der Waals surface area contributed by atoms with E-state index in [1.165, 1.54) is 7.11 Å². The van der Waals surface area contributed by atoms with Crippen LogP contribution in [0, 0.1) is 11.8 Å². The van der Waals surface area contributed by atoms with Crippen molar-refractivity contribution in [1.82, 2.24) is 4.90 Å². The van der Waals surface area contributed by atoms with Crippen LogP contribution in [0.5, 0.6) is 0 Å². The highest BCUT2D eigenvalue weighted by molar-refractivity contribution is 6.06. The number of aliphatic hydroxyl groups is 1. The maximum absolute atomic E-state index is 13.6. The van der Waals surface area contributed by atoms with Crippen molar-refractivity contribution < 1.29 is 38.4 Å². The zero-order valence-corrected chi connectivity index (χ0v) is 19.0. The van der Waals surface area contributed by atoms with Crippen molar-refractivity contribution in [2.24, 2.45) is 11.8 Å². The Bertz CT molecular complexity index is 774. The molecule has 1 N–H and O–H groups in total. The van der Waals surface area contributed by atoms with Gasteiger partial charge in [-0.25, -0.2) is 14.5 Å². The van der Waals surface area contributed by atoms with Gasteiger partial charge in [-0.2, -0.15) is 0 Å². The Morgan fingerprint density at radius 2 is 2.00 bits per heavy atom. The van der Waals surface area contributed by atoms with Crippen LogP contribution >= 0.6 is 0 Å². The summed E-state index contributed by atoms with van der Waals surface area (Å²) in [5, 5.41) is 11.7. The second-order valence-corrected chi connectivity index (χ2v) is 9.56. The summed E-state index contributed by atoms with van der Waals surface area (Å²) in [6, 6.07) is 0. The van der Waals surface area contributed by atoms with Gasteiger partial charge in [-0.1, -0.05) is 12.2 Å². The molecule has 0 aromatic heterocycles. The van der Waals surface area contributed by atoms with Crippen molar-refractivity contribution in [2.75, 3.05) is 14.2 Å². The van der Waals surface area contributed by atoms with Gasteiger partial charge in [0.2, 0.25) is 11.4 Å². The van der Waals surface area contributed by atoms with Crippen LogP contribution in [0.1, 0.15) is 53.4 Å². The highest BCUT2D eigenvalue weighted by Gasteiger charge is 2.79. The van der Waals surface area contributed by atoms with E-state index in [4.69, 9.17) is 18.9 Å². The summed E-state index contributed by atoms with van der Waals surface area (Å²) in [6.45, 7) is 6.54. The predicted octanol–water partition coefficient (Wildman–Crippen LogP) is 2.16. The molecule has 9 nitrogen and oxygen atoms in total. The number of hydrogen-bond donors (Lipinski definition) is 1. The first-order valence-corrected chi connectivity index (χ1v) is 10.6. The molecule has 2 fully saturated rings. The third kappa shape index (κ3) is 3.56. The number of fused-ring (bicyclic) bond motifs is 1. The van der Waals surface area contributed by atoms with Crippen LogP contribution in [0.4, 0.5) is 4.79 Å². The largest absolute Gasteiger partial charge is 0.467 e. The lowest BCUT2D eigenvalue weighted by Gasteiger charge is -2.48. The first-order chi connectivity index (χ1) is 14.4. The molecule has 2 saturated heterocycles. The Hall–Kier alpha value is -1.97. The fourth-order valence-corrected chi connectivity index (χ4v) is 5.16. The van der Waals surface area contributed by atoms with Crippen molar-refractivity contribution in [3.8, 4) is 0 Å². The lowest BCUT2D eigenvalue weighted by Crippen LogP contribution is -2.72. The van der Waals surface area contributed by atoms with Crippen LogP contribution in [0.25, 0.3) is 0 Å². The maximum Gasteiger partial charge on any atom is 0.418 e. The van der Waals surface area contributed by atoms with Crippen LogP contribution in [-0.4, -0.2) is 71.3 Å². The number of carbonyl (C=O) groups excluding carboxylic acids is 3. The van der Waals surface area contributed by atoms with Crippen LogP contribution < -0.4 is 0 Å². The molecule has 2 amide bonds. The lowest BCUT2D eigenvalue weighted by atomic mass is 9.68. The van der Waals surface area contributed by atoms with Gasteiger partial charge in [-0.15, -0.1) is 0 Å². The van der Waals surface area contributed by atoms with E-state index < -0.39 is 58.9 Å². The molecule has 6 atom stereocenters. The minimum atomic E-state index is -2.13. The molecule has 1 aliphatic carbocycles. The fourth-order valence-electron chi connectivity index (χ4n) is 5.16. The molecule has 2 aliphatic heterocycles. The quantitative estimate of drug-likeness (QED) is 0.524. The number of aliphatic hydroxyl groups excluding tert-OH is 1. The third-order valence-electron chi connectivity index (χ3n) is 6.56. The number of methoxy groups -OCH3 is 2. The minimum absolute atomic E-state index is 0.136. The van der Waals surface area contributed by atoms with Gasteiger partial charge in [0.15, 0.2) is 6.29 Å². The highest BCUT2D eigenvalue weighted by atomic mass is 16.7. The maximum atomic E-state index is 13.6. The van der Waals surface area contributed by atoms with E-state index in [0.29, 0.717) is 6.42 Å². The molecule has 2 heterocycles. The summed E-state index contributed by atoms with van der Waals surface area (Å²) < 4.78 is 22.0. The zero-order chi connectivity index (χ0) is 23.2. The molecule has 0 bridgehead atoms. The Morgan fingerprint density at radius 3 is 2.52 bits per heavy atom. The van der Waals surface area contributed by atoms with Crippen molar-refractivity contribution in [3.05, 3.63) is 12.2 Å². The van der Waals surface area contributed by atoms with Crippen molar-refractivity contribution in [3.63, 3.8) is 0 Å². The van der Waals surface area contributed by atoms with Crippen LogP contribution in [-0.2, 0) is 28.5 Å². The Labute approximate surface area is 182 Å². The van der Waals surface area contributed by atoms with E-state index in [1.807, 2.05) is 12.2 Å². The van der Waals surface area contributed by atoms with Gasteiger partial charge < -0.3 is 24.1 Å². The average molecular weight is 440 g/mol. The summed E-state index contributed by atoms with van der Waals surface area (Å²) in [5.74, 6) is -2.96. The zero-order valence-electron chi connectivity index (χ0n) is 19.0. The number of ether oxygens (including phenoxy) is 4. The van der Waals surface area contributed by atoms with Gasteiger partial charge >= 0.3 is 12.1 Å². The number of nitrogens with zero attached hydrogens (tertiary/aromatic N) is 1. The molecule has 31 heavy (non-hydrogen) atoms. The first-order valence-electron chi connectivity index (χ1n) is 10.6. The van der Waals surface area contributed by atoms with Crippen molar-refractivity contribution >= 4 is 18.0 Å². The average Bonchev–Trinajstić information content (AvgIpc) is 3.15. The fraction of sp³-hybridized carbons (Fsp3) is 0.773. The van der Waals surface area contributed by atoms with E-state index in [2.05, 4.69) is 0 Å². The van der Waals surface area contributed by atoms with Gasteiger partial charge in [0, 0.05) is 19.4 Å². The molecule has 0 spiro atoms. The third-order valence-corrected chi connectivity index (χ3v) is 6.56. The van der Waals surface area contributed by atoms with E-state index in [0.717, 1.165) is 24.9 Å². The molecule has 0 unspecified atom stereocenters. The summed E-state index contributed by atoms with van der Waals surface area (Å²) >= 11 is 0. The summed E-state index contributed by atoms with van der Waals surface area (Å²) in [7, 11) is 2.59. The number of rotatable bonds is 4.